The first-order valence-corrected chi connectivity index (χ1v) is 14.6. The molecule has 0 bridgehead atoms. The summed E-state index contributed by atoms with van der Waals surface area (Å²) in [5.41, 5.74) is -0.995. The van der Waals surface area contributed by atoms with Gasteiger partial charge in [0.05, 0.1) is 12.2 Å². The number of carbonyl (C=O) groups is 2. The van der Waals surface area contributed by atoms with Gasteiger partial charge in [0.25, 0.3) is 0 Å². The fraction of sp³-hybridized carbons (Fsp3) is 0.654. The minimum absolute atomic E-state index is 0.0423. The molecule has 1 aromatic heterocycles. The SMILES string of the molecule is C[C@@](O)(C/C=C/[C@H]1CCC(=O)[C@@H]1CCSc1nc(C(=O)OCC2CCNCC2)cs1)CCC(F)=C(F)F. The van der Waals surface area contributed by atoms with Crippen LogP contribution in [-0.2, 0) is 9.53 Å². The lowest BCUT2D eigenvalue weighted by Gasteiger charge is -2.21. The van der Waals surface area contributed by atoms with E-state index in [4.69, 9.17) is 4.74 Å². The third-order valence-electron chi connectivity index (χ3n) is 6.94. The van der Waals surface area contributed by atoms with Crippen molar-refractivity contribution in [3.63, 3.8) is 0 Å². The van der Waals surface area contributed by atoms with Crippen LogP contribution < -0.4 is 5.32 Å². The molecule has 0 radical (unpaired) electrons. The number of thiazole rings is 1. The number of nitrogens with zero attached hydrogens (tertiary/aromatic N) is 1. The van der Waals surface area contributed by atoms with E-state index in [0.29, 0.717) is 36.8 Å². The van der Waals surface area contributed by atoms with Gasteiger partial charge in [-0.3, -0.25) is 4.79 Å². The van der Waals surface area contributed by atoms with Gasteiger partial charge in [-0.25, -0.2) is 14.2 Å². The van der Waals surface area contributed by atoms with E-state index in [1.165, 1.54) is 30.0 Å². The van der Waals surface area contributed by atoms with Crippen molar-refractivity contribution in [1.82, 2.24) is 10.3 Å². The maximum absolute atomic E-state index is 13.0. The zero-order chi connectivity index (χ0) is 26.8. The van der Waals surface area contributed by atoms with Crippen molar-refractivity contribution in [3.8, 4) is 0 Å². The quantitative estimate of drug-likeness (QED) is 0.176. The number of rotatable bonds is 13. The van der Waals surface area contributed by atoms with E-state index in [1.807, 2.05) is 6.08 Å². The smallest absolute Gasteiger partial charge is 0.357 e. The molecule has 3 atom stereocenters. The number of aliphatic hydroxyl groups is 1. The predicted octanol–water partition coefficient (Wildman–Crippen LogP) is 5.93. The minimum atomic E-state index is -2.35. The van der Waals surface area contributed by atoms with Crippen LogP contribution in [0.3, 0.4) is 0 Å². The van der Waals surface area contributed by atoms with E-state index in [1.54, 1.807) is 11.5 Å². The fourth-order valence-corrected chi connectivity index (χ4v) is 6.51. The molecule has 206 valence electrons. The molecule has 11 heteroatoms. The fourth-order valence-electron chi connectivity index (χ4n) is 4.62. The monoisotopic (exact) mass is 560 g/mol. The first-order chi connectivity index (χ1) is 17.6. The summed E-state index contributed by atoms with van der Waals surface area (Å²) in [6.45, 7) is 3.80. The van der Waals surface area contributed by atoms with Crippen molar-refractivity contribution in [2.75, 3.05) is 25.4 Å². The highest BCUT2D eigenvalue weighted by Crippen LogP contribution is 2.35. The normalized spacial score (nSPS) is 22.4. The number of nitrogens with one attached hydrogen (secondary N) is 1. The summed E-state index contributed by atoms with van der Waals surface area (Å²) >= 11 is 2.90. The van der Waals surface area contributed by atoms with Gasteiger partial charge in [-0.2, -0.15) is 8.78 Å². The molecule has 2 N–H and O–H groups in total. The van der Waals surface area contributed by atoms with Gasteiger partial charge >= 0.3 is 12.0 Å². The highest BCUT2D eigenvalue weighted by Gasteiger charge is 2.33. The summed E-state index contributed by atoms with van der Waals surface area (Å²) in [5.74, 6) is -0.720. The summed E-state index contributed by atoms with van der Waals surface area (Å²) in [7, 11) is 0. The number of ketones is 1. The number of aromatic nitrogens is 1. The Morgan fingerprint density at radius 1 is 1.32 bits per heavy atom. The Bertz CT molecular complexity index is 973. The van der Waals surface area contributed by atoms with Gasteiger partial charge in [-0.1, -0.05) is 23.9 Å². The molecule has 2 heterocycles. The van der Waals surface area contributed by atoms with E-state index < -0.39 is 29.9 Å². The van der Waals surface area contributed by atoms with Crippen LogP contribution in [0.5, 0.6) is 0 Å². The summed E-state index contributed by atoms with van der Waals surface area (Å²) in [4.78, 5) is 29.1. The second-order valence-electron chi connectivity index (χ2n) is 10.00. The molecule has 0 unspecified atom stereocenters. The third kappa shape index (κ3) is 9.85. The summed E-state index contributed by atoms with van der Waals surface area (Å²) in [6.07, 6.45) is 4.77. The molecule has 1 aliphatic carbocycles. The molecule has 0 spiro atoms. The molecule has 6 nitrogen and oxygen atoms in total. The number of esters is 1. The summed E-state index contributed by atoms with van der Waals surface area (Å²) < 4.78 is 43.7. The first kappa shape index (κ1) is 29.9. The molecule has 1 aliphatic heterocycles. The Morgan fingerprint density at radius 3 is 2.81 bits per heavy atom. The van der Waals surface area contributed by atoms with Crippen molar-refractivity contribution < 1.29 is 32.6 Å². The zero-order valence-corrected chi connectivity index (χ0v) is 22.7. The Labute approximate surface area is 224 Å². The number of ether oxygens (including phenoxy) is 1. The van der Waals surface area contributed by atoms with Crippen molar-refractivity contribution in [2.24, 2.45) is 17.8 Å². The van der Waals surface area contributed by atoms with Crippen LogP contribution in [-0.4, -0.2) is 52.9 Å². The van der Waals surface area contributed by atoms with Crippen molar-refractivity contribution in [2.45, 2.75) is 68.2 Å². The number of hydrogen-bond acceptors (Lipinski definition) is 8. The average molecular weight is 561 g/mol. The molecule has 0 amide bonds. The molecule has 2 aliphatic rings. The molecule has 1 aromatic rings. The number of hydrogen-bond donors (Lipinski definition) is 2. The minimum Gasteiger partial charge on any atom is -0.461 e. The molecule has 1 saturated heterocycles. The van der Waals surface area contributed by atoms with E-state index in [-0.39, 0.29) is 30.5 Å². The van der Waals surface area contributed by atoms with Gasteiger partial charge in [0, 0.05) is 29.9 Å². The highest BCUT2D eigenvalue weighted by molar-refractivity contribution is 8.01. The van der Waals surface area contributed by atoms with E-state index in [9.17, 15) is 27.9 Å². The standard InChI is InChI=1S/C26H35F3N2O4S2/c1-26(34,11-6-20(27)23(28)29)10-2-3-18-4-5-22(32)19(18)9-14-36-25-31-21(16-37-25)24(33)35-15-17-7-12-30-13-8-17/h2-3,16-19,30,34H,4-15H2,1H3/b3-2+/t18-,19+,26+/m0/s1. The van der Waals surface area contributed by atoms with Crippen molar-refractivity contribution >= 4 is 34.9 Å². The Morgan fingerprint density at radius 2 is 2.08 bits per heavy atom. The number of Topliss-reactive ketones (excluding diaryl/α,β-unsaturated/α-hetero) is 1. The zero-order valence-electron chi connectivity index (χ0n) is 21.0. The van der Waals surface area contributed by atoms with Gasteiger partial charge in [-0.15, -0.1) is 11.3 Å². The molecule has 0 aromatic carbocycles. The number of allylic oxidation sites excluding steroid dienone is 2. The van der Waals surface area contributed by atoms with Crippen LogP contribution in [0, 0.1) is 17.8 Å². The predicted molar refractivity (Wildman–Crippen MR) is 139 cm³/mol. The largest absolute Gasteiger partial charge is 0.461 e. The van der Waals surface area contributed by atoms with Crippen LogP contribution in [0.4, 0.5) is 13.2 Å². The first-order valence-electron chi connectivity index (χ1n) is 12.7. The highest BCUT2D eigenvalue weighted by atomic mass is 32.2. The Balaban J connectivity index is 1.41. The maximum atomic E-state index is 13.0. The van der Waals surface area contributed by atoms with Gasteiger partial charge in [0.15, 0.2) is 15.9 Å². The van der Waals surface area contributed by atoms with Crippen LogP contribution in [0.15, 0.2) is 33.8 Å². The Kier molecular flexibility index (Phi) is 11.7. The second-order valence-corrected chi connectivity index (χ2v) is 12.2. The van der Waals surface area contributed by atoms with E-state index in [0.717, 1.165) is 36.7 Å². The van der Waals surface area contributed by atoms with E-state index >= 15 is 0 Å². The molecular formula is C26H35F3N2O4S2. The topological polar surface area (TPSA) is 88.5 Å². The number of thioether (sulfide) groups is 1. The van der Waals surface area contributed by atoms with Gasteiger partial charge in [-0.05, 0) is 70.4 Å². The molecular weight excluding hydrogens is 525 g/mol. The number of carbonyl (C=O) groups excluding carboxylic acids is 2. The van der Waals surface area contributed by atoms with Gasteiger partial charge in [0.2, 0.25) is 0 Å². The third-order valence-corrected chi connectivity index (χ3v) is 8.99. The summed E-state index contributed by atoms with van der Waals surface area (Å²) in [6, 6.07) is 0. The second kappa shape index (κ2) is 14.5. The lowest BCUT2D eigenvalue weighted by Crippen LogP contribution is -2.30. The molecule has 3 rings (SSSR count). The van der Waals surface area contributed by atoms with Crippen molar-refractivity contribution in [1.29, 1.82) is 0 Å². The Hall–Kier alpha value is -1.69. The molecule has 37 heavy (non-hydrogen) atoms. The molecule has 1 saturated carbocycles. The van der Waals surface area contributed by atoms with Crippen molar-refractivity contribution in [3.05, 3.63) is 35.1 Å². The maximum Gasteiger partial charge on any atom is 0.357 e. The van der Waals surface area contributed by atoms with Crippen LogP contribution in [0.1, 0.15) is 68.8 Å². The van der Waals surface area contributed by atoms with Crippen LogP contribution in [0.25, 0.3) is 0 Å². The van der Waals surface area contributed by atoms with Gasteiger partial charge in [0.1, 0.15) is 5.78 Å². The van der Waals surface area contributed by atoms with E-state index in [2.05, 4.69) is 10.3 Å². The number of piperidine rings is 1. The van der Waals surface area contributed by atoms with Crippen LogP contribution >= 0.6 is 23.1 Å². The van der Waals surface area contributed by atoms with Crippen LogP contribution in [0.2, 0.25) is 0 Å². The lowest BCUT2D eigenvalue weighted by molar-refractivity contribution is -0.121. The summed E-state index contributed by atoms with van der Waals surface area (Å²) in [5, 5.41) is 15.3. The lowest BCUT2D eigenvalue weighted by atomic mass is 9.90. The molecule has 2 fully saturated rings. The average Bonchev–Trinajstić information content (AvgIpc) is 3.49. The van der Waals surface area contributed by atoms with Gasteiger partial charge < -0.3 is 15.2 Å². The number of halogens is 3.